The van der Waals surface area contributed by atoms with Crippen LogP contribution in [-0.2, 0) is 14.3 Å². The van der Waals surface area contributed by atoms with Crippen LogP contribution >= 0.6 is 0 Å². The maximum atomic E-state index is 13.0. The lowest BCUT2D eigenvalue weighted by Crippen LogP contribution is -2.60. The van der Waals surface area contributed by atoms with Gasteiger partial charge in [0.05, 0.1) is 25.4 Å². The van der Waals surface area contributed by atoms with E-state index >= 15 is 0 Å². The van der Waals surface area contributed by atoms with Crippen LogP contribution in [-0.4, -0.2) is 110 Å². The van der Waals surface area contributed by atoms with Gasteiger partial charge < -0.3 is 50.5 Å². The molecule has 8 N–H and O–H groups in total. The monoisotopic (exact) mass is 716 g/mol. The minimum Gasteiger partial charge on any atom is -0.394 e. The van der Waals surface area contributed by atoms with Crippen LogP contribution in [0.4, 0.5) is 0 Å². The summed E-state index contributed by atoms with van der Waals surface area (Å²) in [6.07, 6.45) is 18.1. The molecule has 0 radical (unpaired) electrons. The van der Waals surface area contributed by atoms with Crippen LogP contribution < -0.4 is 5.32 Å². The molecule has 11 nitrogen and oxygen atoms in total. The second-order valence-corrected chi connectivity index (χ2v) is 14.0. The Bertz CT molecular complexity index is 872. The summed E-state index contributed by atoms with van der Waals surface area (Å²) in [6.45, 7) is 3.33. The van der Waals surface area contributed by atoms with E-state index in [9.17, 15) is 40.5 Å². The standard InChI is InChI=1S/C39H73NO10/c1-3-5-7-9-11-13-14-15-16-17-19-21-23-25-27-32(43)38(48)40-30(29-49-39-37(47)36(46)35(45)33(28-41)50-39)34(44)31(42)26-24-22-20-18-12-10-8-6-4-2/h11,13-15,30-37,39,41-47H,3-10,12,16-29H2,1-2H3,(H,40,48)/b13-11-,15-14-. The lowest BCUT2D eigenvalue weighted by Gasteiger charge is -2.40. The van der Waals surface area contributed by atoms with Crippen LogP contribution in [0.15, 0.2) is 24.3 Å². The molecule has 1 saturated heterocycles. The first-order valence-corrected chi connectivity index (χ1v) is 19.8. The zero-order valence-corrected chi connectivity index (χ0v) is 31.1. The van der Waals surface area contributed by atoms with E-state index < -0.39 is 74.2 Å². The summed E-state index contributed by atoms with van der Waals surface area (Å²) in [5.41, 5.74) is 0. The average Bonchev–Trinajstić information content (AvgIpc) is 3.11. The predicted molar refractivity (Wildman–Crippen MR) is 196 cm³/mol. The van der Waals surface area contributed by atoms with Gasteiger partial charge in [0, 0.05) is 0 Å². The molecular weight excluding hydrogens is 642 g/mol. The van der Waals surface area contributed by atoms with Crippen LogP contribution in [0.5, 0.6) is 0 Å². The van der Waals surface area contributed by atoms with E-state index in [0.717, 1.165) is 57.8 Å². The van der Waals surface area contributed by atoms with Gasteiger partial charge in [0.25, 0.3) is 0 Å². The van der Waals surface area contributed by atoms with Crippen molar-refractivity contribution in [2.75, 3.05) is 13.2 Å². The van der Waals surface area contributed by atoms with Crippen LogP contribution in [0.3, 0.4) is 0 Å². The summed E-state index contributed by atoms with van der Waals surface area (Å²) in [4.78, 5) is 13.0. The van der Waals surface area contributed by atoms with Gasteiger partial charge in [0.15, 0.2) is 6.29 Å². The maximum Gasteiger partial charge on any atom is 0.249 e. The number of carbonyl (C=O) groups is 1. The Morgan fingerprint density at radius 2 is 1.20 bits per heavy atom. The Morgan fingerprint density at radius 1 is 0.700 bits per heavy atom. The number of hydrogen-bond acceptors (Lipinski definition) is 10. The predicted octanol–water partition coefficient (Wildman–Crippen LogP) is 4.71. The molecule has 0 aliphatic carbocycles. The largest absolute Gasteiger partial charge is 0.394 e. The first-order valence-electron chi connectivity index (χ1n) is 19.8. The molecule has 9 atom stereocenters. The Morgan fingerprint density at radius 3 is 1.78 bits per heavy atom. The van der Waals surface area contributed by atoms with Crippen LogP contribution in [0, 0.1) is 0 Å². The molecule has 9 unspecified atom stereocenters. The fourth-order valence-corrected chi connectivity index (χ4v) is 6.13. The van der Waals surface area contributed by atoms with Crippen LogP contribution in [0.1, 0.15) is 149 Å². The number of carbonyl (C=O) groups excluding carboxylic acids is 1. The number of nitrogens with one attached hydrogen (secondary N) is 1. The van der Waals surface area contributed by atoms with Gasteiger partial charge >= 0.3 is 0 Å². The molecule has 0 spiro atoms. The number of hydrogen-bond donors (Lipinski definition) is 8. The van der Waals surface area contributed by atoms with E-state index in [-0.39, 0.29) is 6.42 Å². The van der Waals surface area contributed by atoms with E-state index in [2.05, 4.69) is 43.5 Å². The topological polar surface area (TPSA) is 189 Å². The summed E-state index contributed by atoms with van der Waals surface area (Å²) >= 11 is 0. The highest BCUT2D eigenvalue weighted by Crippen LogP contribution is 2.23. The number of unbranched alkanes of at least 4 members (excludes halogenated alkanes) is 16. The minimum atomic E-state index is -1.66. The van der Waals surface area contributed by atoms with Gasteiger partial charge in [-0.2, -0.15) is 0 Å². The second kappa shape index (κ2) is 30.1. The third-order valence-electron chi connectivity index (χ3n) is 9.53. The Balaban J connectivity index is 2.56. The highest BCUT2D eigenvalue weighted by molar-refractivity contribution is 5.80. The fourth-order valence-electron chi connectivity index (χ4n) is 6.13. The van der Waals surface area contributed by atoms with E-state index in [1.165, 1.54) is 51.4 Å². The smallest absolute Gasteiger partial charge is 0.249 e. The molecule has 0 aromatic heterocycles. The summed E-state index contributed by atoms with van der Waals surface area (Å²) < 4.78 is 11.0. The quantitative estimate of drug-likeness (QED) is 0.0369. The van der Waals surface area contributed by atoms with Gasteiger partial charge in [-0.15, -0.1) is 0 Å². The minimum absolute atomic E-state index is 0.242. The number of aliphatic hydroxyl groups is 7. The molecule has 0 saturated carbocycles. The molecule has 50 heavy (non-hydrogen) atoms. The van der Waals surface area contributed by atoms with Gasteiger partial charge in [0.2, 0.25) is 5.91 Å². The molecule has 1 amide bonds. The lowest BCUT2D eigenvalue weighted by atomic mass is 9.98. The van der Waals surface area contributed by atoms with Crippen LogP contribution in [0.2, 0.25) is 0 Å². The van der Waals surface area contributed by atoms with E-state index in [1.54, 1.807) is 0 Å². The second-order valence-electron chi connectivity index (χ2n) is 14.0. The third kappa shape index (κ3) is 20.6. The fraction of sp³-hybridized carbons (Fsp3) is 0.872. The summed E-state index contributed by atoms with van der Waals surface area (Å²) in [6, 6.07) is -1.17. The van der Waals surface area contributed by atoms with E-state index in [4.69, 9.17) is 9.47 Å². The molecular formula is C39H73NO10. The summed E-state index contributed by atoms with van der Waals surface area (Å²) in [5.74, 6) is -0.713. The van der Waals surface area contributed by atoms with Crippen molar-refractivity contribution in [2.45, 2.75) is 204 Å². The third-order valence-corrected chi connectivity index (χ3v) is 9.53. The maximum absolute atomic E-state index is 13.0. The van der Waals surface area contributed by atoms with Gasteiger partial charge in [-0.05, 0) is 38.5 Å². The first-order chi connectivity index (χ1) is 24.2. The SMILES string of the molecule is CCCCC/C=C\C=C/CCCCCCCC(O)C(=O)NC(COC1OC(CO)C(O)C(O)C1O)C(O)C(O)CCCCCCCCCCC. The van der Waals surface area contributed by atoms with Crippen molar-refractivity contribution in [2.24, 2.45) is 0 Å². The molecule has 11 heteroatoms. The van der Waals surface area contributed by atoms with Gasteiger partial charge in [-0.1, -0.05) is 134 Å². The van der Waals surface area contributed by atoms with Gasteiger partial charge in [-0.3, -0.25) is 4.79 Å². The molecule has 0 bridgehead atoms. The summed E-state index contributed by atoms with van der Waals surface area (Å²) in [7, 11) is 0. The van der Waals surface area contributed by atoms with Gasteiger partial charge in [-0.25, -0.2) is 0 Å². The summed E-state index contributed by atoms with van der Waals surface area (Å²) in [5, 5.41) is 75.1. The Kier molecular flexibility index (Phi) is 28.1. The van der Waals surface area contributed by atoms with Crippen LogP contribution in [0.25, 0.3) is 0 Å². The normalized spacial score (nSPS) is 23.7. The number of ether oxygens (including phenoxy) is 2. The molecule has 1 rings (SSSR count). The zero-order valence-electron chi connectivity index (χ0n) is 31.1. The van der Waals surface area contributed by atoms with E-state index in [0.29, 0.717) is 19.3 Å². The van der Waals surface area contributed by atoms with Crippen molar-refractivity contribution in [1.29, 1.82) is 0 Å². The van der Waals surface area contributed by atoms with Crippen molar-refractivity contribution in [3.8, 4) is 0 Å². The molecule has 1 aliphatic heterocycles. The van der Waals surface area contributed by atoms with E-state index in [1.807, 2.05) is 0 Å². The Labute approximate surface area is 302 Å². The zero-order chi connectivity index (χ0) is 37.0. The lowest BCUT2D eigenvalue weighted by molar-refractivity contribution is -0.303. The molecule has 0 aromatic rings. The number of aliphatic hydroxyl groups excluding tert-OH is 7. The van der Waals surface area contributed by atoms with Crippen molar-refractivity contribution in [1.82, 2.24) is 5.32 Å². The number of rotatable bonds is 31. The van der Waals surface area contributed by atoms with Crippen molar-refractivity contribution >= 4 is 5.91 Å². The molecule has 1 aliphatic rings. The number of amides is 1. The van der Waals surface area contributed by atoms with Crippen molar-refractivity contribution < 1.29 is 50.0 Å². The van der Waals surface area contributed by atoms with Crippen molar-refractivity contribution in [3.05, 3.63) is 24.3 Å². The number of allylic oxidation sites excluding steroid dienone is 4. The Hall–Kier alpha value is -1.41. The van der Waals surface area contributed by atoms with Crippen molar-refractivity contribution in [3.63, 3.8) is 0 Å². The van der Waals surface area contributed by atoms with Gasteiger partial charge in [0.1, 0.15) is 36.6 Å². The first kappa shape index (κ1) is 46.6. The molecule has 1 heterocycles. The molecule has 0 aromatic carbocycles. The molecule has 294 valence electrons. The molecule has 1 fully saturated rings. The highest BCUT2D eigenvalue weighted by atomic mass is 16.7. The average molecular weight is 716 g/mol. The highest BCUT2D eigenvalue weighted by Gasteiger charge is 2.44.